The number of aryl methyl sites for hydroxylation is 1. The van der Waals surface area contributed by atoms with Crippen LogP contribution in [0.2, 0.25) is 10.0 Å². The summed E-state index contributed by atoms with van der Waals surface area (Å²) in [6.07, 6.45) is 0. The largest absolute Gasteiger partial charge is 0.486 e. The Labute approximate surface area is 155 Å². The Bertz CT molecular complexity index is 888. The fourth-order valence-electron chi connectivity index (χ4n) is 2.13. The molecule has 0 saturated heterocycles. The summed E-state index contributed by atoms with van der Waals surface area (Å²) < 4.78 is 11.1. The summed E-state index contributed by atoms with van der Waals surface area (Å²) in [7, 11) is 0. The highest BCUT2D eigenvalue weighted by Crippen LogP contribution is 2.21. The summed E-state index contributed by atoms with van der Waals surface area (Å²) in [5.41, 5.74) is 1.55. The average molecular weight is 376 g/mol. The van der Waals surface area contributed by atoms with Gasteiger partial charge in [-0.1, -0.05) is 29.3 Å². The van der Waals surface area contributed by atoms with Gasteiger partial charge >= 0.3 is 0 Å². The molecule has 0 aliphatic carbocycles. The van der Waals surface area contributed by atoms with Crippen molar-refractivity contribution in [1.29, 1.82) is 0 Å². The minimum absolute atomic E-state index is 0.200. The summed E-state index contributed by atoms with van der Waals surface area (Å²) in [6.45, 7) is 2.11. The Morgan fingerprint density at radius 3 is 2.56 bits per heavy atom. The molecule has 1 aromatic heterocycles. The summed E-state index contributed by atoms with van der Waals surface area (Å²) in [4.78, 5) is 12.2. The molecule has 3 aromatic rings. The molecule has 6 heteroatoms. The number of anilines is 1. The number of carbonyl (C=O) groups is 1. The second-order valence-electron chi connectivity index (χ2n) is 5.43. The molecule has 0 fully saturated rings. The molecule has 0 radical (unpaired) electrons. The van der Waals surface area contributed by atoms with Crippen LogP contribution in [0.3, 0.4) is 0 Å². The highest BCUT2D eigenvalue weighted by molar-refractivity contribution is 6.31. The van der Waals surface area contributed by atoms with E-state index in [1.807, 2.05) is 13.0 Å². The van der Waals surface area contributed by atoms with E-state index in [0.29, 0.717) is 27.2 Å². The molecule has 0 saturated carbocycles. The quantitative estimate of drug-likeness (QED) is 0.619. The number of carbonyl (C=O) groups excluding carboxylic acids is 1. The summed E-state index contributed by atoms with van der Waals surface area (Å²) in [5, 5.41) is 3.98. The maximum Gasteiger partial charge on any atom is 0.291 e. The first-order valence-corrected chi connectivity index (χ1v) is 8.31. The molecular formula is C19H15Cl2NO3. The maximum atomic E-state index is 12.2. The van der Waals surface area contributed by atoms with E-state index in [0.717, 1.165) is 5.56 Å². The van der Waals surface area contributed by atoms with Crippen LogP contribution in [0.1, 0.15) is 21.9 Å². The number of hydrogen-bond donors (Lipinski definition) is 1. The van der Waals surface area contributed by atoms with E-state index in [1.165, 1.54) is 0 Å². The zero-order chi connectivity index (χ0) is 17.8. The third kappa shape index (κ3) is 4.56. The standard InChI is InChI=1S/C19H15Cl2NO3/c1-12-2-5-14(10-17(12)21)22-19(23)18-9-8-16(25-18)11-24-15-6-3-13(20)4-7-15/h2-10H,11H2,1H3,(H,22,23). The van der Waals surface area contributed by atoms with Gasteiger partial charge < -0.3 is 14.5 Å². The van der Waals surface area contributed by atoms with Crippen LogP contribution in [0.4, 0.5) is 5.69 Å². The maximum absolute atomic E-state index is 12.2. The van der Waals surface area contributed by atoms with Crippen LogP contribution < -0.4 is 10.1 Å². The highest BCUT2D eigenvalue weighted by atomic mass is 35.5. The Morgan fingerprint density at radius 1 is 1.08 bits per heavy atom. The number of amides is 1. The van der Waals surface area contributed by atoms with Crippen molar-refractivity contribution in [2.45, 2.75) is 13.5 Å². The Hall–Kier alpha value is -2.43. The Morgan fingerprint density at radius 2 is 1.84 bits per heavy atom. The van der Waals surface area contributed by atoms with E-state index in [-0.39, 0.29) is 18.3 Å². The van der Waals surface area contributed by atoms with Crippen LogP contribution in [-0.2, 0) is 6.61 Å². The van der Waals surface area contributed by atoms with E-state index in [2.05, 4.69) is 5.32 Å². The van der Waals surface area contributed by atoms with Crippen molar-refractivity contribution in [1.82, 2.24) is 0 Å². The monoisotopic (exact) mass is 375 g/mol. The predicted molar refractivity (Wildman–Crippen MR) is 98.6 cm³/mol. The molecule has 1 heterocycles. The summed E-state index contributed by atoms with van der Waals surface area (Å²) in [6, 6.07) is 15.6. The topological polar surface area (TPSA) is 51.5 Å². The van der Waals surface area contributed by atoms with E-state index in [4.69, 9.17) is 32.4 Å². The first kappa shape index (κ1) is 17.4. The molecule has 0 aliphatic rings. The lowest BCUT2D eigenvalue weighted by molar-refractivity contribution is 0.0992. The van der Waals surface area contributed by atoms with Crippen molar-refractivity contribution in [3.05, 3.63) is 81.7 Å². The average Bonchev–Trinajstić information content (AvgIpc) is 3.07. The van der Waals surface area contributed by atoms with Crippen molar-refractivity contribution in [2.75, 3.05) is 5.32 Å². The van der Waals surface area contributed by atoms with Crippen molar-refractivity contribution >= 4 is 34.8 Å². The predicted octanol–water partition coefficient (Wildman–Crippen LogP) is 5.73. The van der Waals surface area contributed by atoms with Gasteiger partial charge in [-0.2, -0.15) is 0 Å². The Kier molecular flexibility index (Phi) is 5.31. The molecule has 4 nitrogen and oxygen atoms in total. The second kappa shape index (κ2) is 7.64. The van der Waals surface area contributed by atoms with Crippen LogP contribution in [-0.4, -0.2) is 5.91 Å². The molecule has 0 atom stereocenters. The molecule has 25 heavy (non-hydrogen) atoms. The van der Waals surface area contributed by atoms with Crippen LogP contribution in [0, 0.1) is 6.92 Å². The number of nitrogens with one attached hydrogen (secondary N) is 1. The molecule has 0 aliphatic heterocycles. The van der Waals surface area contributed by atoms with Gasteiger partial charge in [0.05, 0.1) is 0 Å². The SMILES string of the molecule is Cc1ccc(NC(=O)c2ccc(COc3ccc(Cl)cc3)o2)cc1Cl. The first-order valence-electron chi connectivity index (χ1n) is 7.56. The Balaban J connectivity index is 1.61. The zero-order valence-electron chi connectivity index (χ0n) is 13.4. The van der Waals surface area contributed by atoms with Gasteiger partial charge in [0.1, 0.15) is 18.1 Å². The van der Waals surface area contributed by atoms with Crippen molar-refractivity contribution < 1.29 is 13.9 Å². The van der Waals surface area contributed by atoms with Crippen molar-refractivity contribution in [3.8, 4) is 5.75 Å². The normalized spacial score (nSPS) is 10.5. The second-order valence-corrected chi connectivity index (χ2v) is 6.27. The lowest BCUT2D eigenvalue weighted by atomic mass is 10.2. The van der Waals surface area contributed by atoms with Gasteiger partial charge in [-0.25, -0.2) is 0 Å². The molecule has 1 amide bonds. The molecule has 0 spiro atoms. The molecule has 1 N–H and O–H groups in total. The smallest absolute Gasteiger partial charge is 0.291 e. The third-order valence-corrected chi connectivity index (χ3v) is 4.17. The number of ether oxygens (including phenoxy) is 1. The lowest BCUT2D eigenvalue weighted by Gasteiger charge is -2.06. The highest BCUT2D eigenvalue weighted by Gasteiger charge is 2.12. The molecule has 0 bridgehead atoms. The van der Waals surface area contributed by atoms with E-state index < -0.39 is 0 Å². The molecular weight excluding hydrogens is 361 g/mol. The van der Waals surface area contributed by atoms with Gasteiger partial charge in [0, 0.05) is 15.7 Å². The zero-order valence-corrected chi connectivity index (χ0v) is 14.9. The van der Waals surface area contributed by atoms with Crippen LogP contribution in [0.15, 0.2) is 59.0 Å². The van der Waals surface area contributed by atoms with E-state index in [9.17, 15) is 4.79 Å². The molecule has 0 unspecified atom stereocenters. The van der Waals surface area contributed by atoms with E-state index in [1.54, 1.807) is 48.5 Å². The number of benzene rings is 2. The van der Waals surface area contributed by atoms with Gasteiger partial charge in [-0.05, 0) is 61.0 Å². The molecule has 3 rings (SSSR count). The van der Waals surface area contributed by atoms with Gasteiger partial charge in [0.2, 0.25) is 0 Å². The van der Waals surface area contributed by atoms with Crippen LogP contribution >= 0.6 is 23.2 Å². The summed E-state index contributed by atoms with van der Waals surface area (Å²) >= 11 is 11.9. The van der Waals surface area contributed by atoms with Crippen molar-refractivity contribution in [3.63, 3.8) is 0 Å². The fourth-order valence-corrected chi connectivity index (χ4v) is 2.43. The lowest BCUT2D eigenvalue weighted by Crippen LogP contribution is -2.10. The number of hydrogen-bond acceptors (Lipinski definition) is 3. The van der Waals surface area contributed by atoms with E-state index >= 15 is 0 Å². The van der Waals surface area contributed by atoms with Crippen LogP contribution in [0.5, 0.6) is 5.75 Å². The number of furan rings is 1. The van der Waals surface area contributed by atoms with Crippen LogP contribution in [0.25, 0.3) is 0 Å². The number of rotatable bonds is 5. The minimum atomic E-state index is -0.349. The number of halogens is 2. The molecule has 128 valence electrons. The third-order valence-electron chi connectivity index (χ3n) is 3.51. The van der Waals surface area contributed by atoms with Gasteiger partial charge in [-0.3, -0.25) is 4.79 Å². The van der Waals surface area contributed by atoms with Gasteiger partial charge in [0.25, 0.3) is 5.91 Å². The first-order chi connectivity index (χ1) is 12.0. The van der Waals surface area contributed by atoms with Gasteiger partial charge in [0.15, 0.2) is 5.76 Å². The van der Waals surface area contributed by atoms with Gasteiger partial charge in [-0.15, -0.1) is 0 Å². The molecule has 2 aromatic carbocycles. The minimum Gasteiger partial charge on any atom is -0.486 e. The fraction of sp³-hybridized carbons (Fsp3) is 0.105. The summed E-state index contributed by atoms with van der Waals surface area (Å²) in [5.74, 6) is 1.06. The van der Waals surface area contributed by atoms with Crippen molar-refractivity contribution in [2.24, 2.45) is 0 Å².